The number of benzene rings is 2. The largest absolute Gasteiger partial charge is 0.433 e. The lowest BCUT2D eigenvalue weighted by atomic mass is 10.2. The van der Waals surface area contributed by atoms with Crippen LogP contribution in [0.2, 0.25) is 0 Å². The van der Waals surface area contributed by atoms with Crippen molar-refractivity contribution in [3.8, 4) is 0 Å². The summed E-state index contributed by atoms with van der Waals surface area (Å²) in [5.74, 6) is 0.254. The third kappa shape index (κ3) is 3.33. The fraction of sp³-hybridized carbons (Fsp3) is 0.227. The molecule has 5 rings (SSSR count). The number of hydrogen-bond acceptors (Lipinski definition) is 5. The van der Waals surface area contributed by atoms with Gasteiger partial charge in [-0.05, 0) is 11.1 Å². The number of imidazole rings is 1. The van der Waals surface area contributed by atoms with Gasteiger partial charge >= 0.3 is 12.0 Å². The van der Waals surface area contributed by atoms with Gasteiger partial charge in [-0.25, -0.2) is 14.6 Å². The van der Waals surface area contributed by atoms with E-state index in [1.54, 1.807) is 22.9 Å². The lowest BCUT2D eigenvalue weighted by Gasteiger charge is -2.25. The number of nitrogens with zero attached hydrogens (tertiary/aromatic N) is 3. The average molecular weight is 420 g/mol. The zero-order valence-electron chi connectivity index (χ0n) is 16.0. The third-order valence-corrected chi connectivity index (χ3v) is 6.69. The standard InChI is InChI=1S/C22H20N4O3S/c27-21(18-23-11-12-24-18)29-19-17-14-30-20(16-9-5-2-6-10-16)26(17)22(28)25(19)13-15-7-3-1-4-8-15/h1-12,17,19-20H,13-14H2,(H,23,24)/t17-,19?,20?/m0/s1. The van der Waals surface area contributed by atoms with Gasteiger partial charge in [-0.3, -0.25) is 9.80 Å². The van der Waals surface area contributed by atoms with Gasteiger partial charge in [0.05, 0.1) is 6.54 Å². The second-order valence-electron chi connectivity index (χ2n) is 7.20. The number of H-pyrrole nitrogens is 1. The summed E-state index contributed by atoms with van der Waals surface area (Å²) in [6.07, 6.45) is 2.39. The first-order valence-electron chi connectivity index (χ1n) is 9.72. The summed E-state index contributed by atoms with van der Waals surface area (Å²) in [7, 11) is 0. The zero-order chi connectivity index (χ0) is 20.5. The zero-order valence-corrected chi connectivity index (χ0v) is 16.9. The lowest BCUT2D eigenvalue weighted by molar-refractivity contribution is -0.0165. The van der Waals surface area contributed by atoms with Gasteiger partial charge in [0.2, 0.25) is 12.1 Å². The molecule has 3 atom stereocenters. The van der Waals surface area contributed by atoms with Crippen molar-refractivity contribution in [3.05, 3.63) is 90.0 Å². The van der Waals surface area contributed by atoms with Crippen LogP contribution in [0.4, 0.5) is 4.79 Å². The summed E-state index contributed by atoms with van der Waals surface area (Å²) in [6.45, 7) is 0.370. The fourth-order valence-electron chi connectivity index (χ4n) is 3.95. The van der Waals surface area contributed by atoms with Gasteiger partial charge in [-0.2, -0.15) is 0 Å². The summed E-state index contributed by atoms with van der Waals surface area (Å²) in [4.78, 5) is 36.4. The molecule has 7 nitrogen and oxygen atoms in total. The number of fused-ring (bicyclic) bond motifs is 1. The Morgan fingerprint density at radius 1 is 1.13 bits per heavy atom. The van der Waals surface area contributed by atoms with E-state index in [0.29, 0.717) is 12.3 Å². The number of rotatable bonds is 5. The van der Waals surface area contributed by atoms with E-state index in [9.17, 15) is 9.59 Å². The molecule has 2 aliphatic rings. The average Bonchev–Trinajstić information content (AvgIpc) is 3.51. The number of nitrogens with one attached hydrogen (secondary N) is 1. The van der Waals surface area contributed by atoms with Crippen molar-refractivity contribution in [2.45, 2.75) is 24.2 Å². The van der Waals surface area contributed by atoms with E-state index < -0.39 is 12.2 Å². The topological polar surface area (TPSA) is 78.5 Å². The second kappa shape index (κ2) is 7.87. The lowest BCUT2D eigenvalue weighted by Crippen LogP contribution is -2.41. The SMILES string of the molecule is O=C(OC1[C@@H]2CSC(c3ccccc3)N2C(=O)N1Cc1ccccc1)c1ncc[nH]1. The molecule has 0 aliphatic carbocycles. The van der Waals surface area contributed by atoms with Crippen LogP contribution in [0.15, 0.2) is 73.1 Å². The number of ether oxygens (including phenoxy) is 1. The minimum absolute atomic E-state index is 0.103. The molecule has 0 bridgehead atoms. The number of hydrogen-bond donors (Lipinski definition) is 1. The van der Waals surface area contributed by atoms with Crippen molar-refractivity contribution >= 4 is 23.8 Å². The van der Waals surface area contributed by atoms with E-state index in [-0.39, 0.29) is 23.3 Å². The number of urea groups is 1. The summed E-state index contributed by atoms with van der Waals surface area (Å²) >= 11 is 1.69. The smallest absolute Gasteiger partial charge is 0.376 e. The highest BCUT2D eigenvalue weighted by Gasteiger charge is 2.54. The van der Waals surface area contributed by atoms with Crippen LogP contribution in [0, 0.1) is 0 Å². The van der Waals surface area contributed by atoms with Gasteiger partial charge in [0.1, 0.15) is 11.4 Å². The Morgan fingerprint density at radius 3 is 2.57 bits per heavy atom. The van der Waals surface area contributed by atoms with Gasteiger partial charge in [0.15, 0.2) is 0 Å². The molecule has 2 aromatic carbocycles. The van der Waals surface area contributed by atoms with Crippen molar-refractivity contribution in [3.63, 3.8) is 0 Å². The van der Waals surface area contributed by atoms with E-state index in [1.807, 2.05) is 65.6 Å². The Morgan fingerprint density at radius 2 is 1.87 bits per heavy atom. The summed E-state index contributed by atoms with van der Waals surface area (Å²) in [6, 6.07) is 19.3. The molecule has 2 unspecified atom stereocenters. The minimum Gasteiger partial charge on any atom is -0.433 e. The molecule has 0 radical (unpaired) electrons. The number of aromatic nitrogens is 2. The summed E-state index contributed by atoms with van der Waals surface area (Å²) in [5, 5.41) is -0.103. The van der Waals surface area contributed by atoms with Crippen LogP contribution >= 0.6 is 11.8 Å². The number of aromatic amines is 1. The molecule has 2 saturated heterocycles. The maximum Gasteiger partial charge on any atom is 0.376 e. The highest BCUT2D eigenvalue weighted by molar-refractivity contribution is 7.99. The number of carbonyl (C=O) groups is 2. The van der Waals surface area contributed by atoms with Gasteiger partial charge in [0, 0.05) is 18.1 Å². The van der Waals surface area contributed by atoms with Crippen molar-refractivity contribution < 1.29 is 14.3 Å². The highest BCUT2D eigenvalue weighted by Crippen LogP contribution is 2.47. The molecule has 0 spiro atoms. The Kier molecular flexibility index (Phi) is 4.92. The molecule has 2 fully saturated rings. The first-order valence-corrected chi connectivity index (χ1v) is 10.8. The monoisotopic (exact) mass is 420 g/mol. The molecule has 2 aliphatic heterocycles. The van der Waals surface area contributed by atoms with Crippen LogP contribution in [-0.2, 0) is 11.3 Å². The first-order chi connectivity index (χ1) is 14.7. The van der Waals surface area contributed by atoms with Crippen LogP contribution in [0.5, 0.6) is 0 Å². The predicted octanol–water partition coefficient (Wildman–Crippen LogP) is 3.64. The quantitative estimate of drug-likeness (QED) is 0.638. The van der Waals surface area contributed by atoms with Crippen molar-refractivity contribution in [1.82, 2.24) is 19.8 Å². The Labute approximate surface area is 178 Å². The third-order valence-electron chi connectivity index (χ3n) is 5.34. The van der Waals surface area contributed by atoms with Crippen molar-refractivity contribution in [2.75, 3.05) is 5.75 Å². The predicted molar refractivity (Wildman–Crippen MR) is 112 cm³/mol. The molecule has 2 amide bonds. The maximum atomic E-state index is 13.5. The maximum absolute atomic E-state index is 13.5. The minimum atomic E-state index is -0.684. The molecular formula is C22H20N4O3S. The van der Waals surface area contributed by atoms with Crippen LogP contribution < -0.4 is 0 Å². The fourth-order valence-corrected chi connectivity index (χ4v) is 5.41. The Hall–Kier alpha value is -3.26. The van der Waals surface area contributed by atoms with Crippen molar-refractivity contribution in [1.29, 1.82) is 0 Å². The van der Waals surface area contributed by atoms with Gasteiger partial charge < -0.3 is 9.72 Å². The van der Waals surface area contributed by atoms with Crippen LogP contribution in [0.1, 0.15) is 27.1 Å². The van der Waals surface area contributed by atoms with Gasteiger partial charge in [-0.1, -0.05) is 60.7 Å². The molecule has 3 heterocycles. The van der Waals surface area contributed by atoms with E-state index >= 15 is 0 Å². The summed E-state index contributed by atoms with van der Waals surface area (Å²) in [5.41, 5.74) is 2.05. The Bertz CT molecular complexity index is 1030. The number of amides is 2. The molecule has 1 N–H and O–H groups in total. The second-order valence-corrected chi connectivity index (χ2v) is 8.31. The molecule has 1 aromatic heterocycles. The molecule has 3 aromatic rings. The van der Waals surface area contributed by atoms with Crippen LogP contribution in [0.3, 0.4) is 0 Å². The van der Waals surface area contributed by atoms with Gasteiger partial charge in [0.25, 0.3) is 0 Å². The van der Waals surface area contributed by atoms with Crippen molar-refractivity contribution in [2.24, 2.45) is 0 Å². The van der Waals surface area contributed by atoms with Crippen LogP contribution in [0.25, 0.3) is 0 Å². The van der Waals surface area contributed by atoms with E-state index in [4.69, 9.17) is 4.74 Å². The molecular weight excluding hydrogens is 400 g/mol. The Balaban J connectivity index is 1.46. The number of carbonyl (C=O) groups excluding carboxylic acids is 2. The van der Waals surface area contributed by atoms with Crippen LogP contribution in [-0.4, -0.2) is 49.8 Å². The van der Waals surface area contributed by atoms with E-state index in [0.717, 1.165) is 11.1 Å². The number of thioether (sulfide) groups is 1. The molecule has 30 heavy (non-hydrogen) atoms. The number of esters is 1. The molecule has 152 valence electrons. The molecule has 0 saturated carbocycles. The summed E-state index contributed by atoms with van der Waals surface area (Å²) < 4.78 is 5.83. The first kappa shape index (κ1) is 18.7. The van der Waals surface area contributed by atoms with E-state index in [2.05, 4.69) is 9.97 Å². The molecule has 8 heteroatoms. The normalized spacial score (nSPS) is 22.9. The van der Waals surface area contributed by atoms with E-state index in [1.165, 1.54) is 6.20 Å². The highest BCUT2D eigenvalue weighted by atomic mass is 32.2. The van der Waals surface area contributed by atoms with Gasteiger partial charge in [-0.15, -0.1) is 11.8 Å².